The van der Waals surface area contributed by atoms with Crippen LogP contribution in [0.15, 0.2) is 48.5 Å². The first-order valence-corrected chi connectivity index (χ1v) is 12.9. The van der Waals surface area contributed by atoms with E-state index in [1.165, 1.54) is 6.42 Å². The summed E-state index contributed by atoms with van der Waals surface area (Å²) in [6, 6.07) is 15.3. The van der Waals surface area contributed by atoms with Gasteiger partial charge in [-0.25, -0.2) is 0 Å². The van der Waals surface area contributed by atoms with Crippen LogP contribution in [0.25, 0.3) is 0 Å². The Hall–Kier alpha value is -3.35. The predicted octanol–water partition coefficient (Wildman–Crippen LogP) is 4.63. The number of carboxylic acid groups (broad SMARTS) is 1. The van der Waals surface area contributed by atoms with Crippen molar-refractivity contribution in [2.75, 3.05) is 18.0 Å². The standard InChI is InChI=1S/C29H38N2O5/c1-4-19(2)36-29(35)24(28(33)34)18-21-12-14-22(15-13-21)26(27(30)32)20(3)23-10-6-7-11-25(23)31-16-8-5-9-17-31/h6-7,10-15,19-20,24,26H,4-5,8-9,16-18H2,1-3H3,(H2,30,32)(H,33,34). The molecule has 0 aliphatic carbocycles. The molecule has 1 fully saturated rings. The van der Waals surface area contributed by atoms with Gasteiger partial charge in [0.15, 0.2) is 5.92 Å². The predicted molar refractivity (Wildman–Crippen MR) is 140 cm³/mol. The number of aliphatic carboxylic acids is 1. The molecule has 0 aromatic heterocycles. The summed E-state index contributed by atoms with van der Waals surface area (Å²) >= 11 is 0. The monoisotopic (exact) mass is 494 g/mol. The lowest BCUT2D eigenvalue weighted by molar-refractivity contribution is -0.161. The van der Waals surface area contributed by atoms with E-state index in [0.29, 0.717) is 12.0 Å². The zero-order valence-corrected chi connectivity index (χ0v) is 21.5. The molecule has 1 heterocycles. The van der Waals surface area contributed by atoms with E-state index >= 15 is 0 Å². The molecule has 36 heavy (non-hydrogen) atoms. The van der Waals surface area contributed by atoms with Crippen molar-refractivity contribution in [2.24, 2.45) is 11.7 Å². The Kier molecular flexibility index (Phi) is 9.51. The highest BCUT2D eigenvalue weighted by atomic mass is 16.5. The zero-order chi connectivity index (χ0) is 26.2. The number of carbonyl (C=O) groups is 3. The van der Waals surface area contributed by atoms with E-state index in [1.54, 1.807) is 19.1 Å². The largest absolute Gasteiger partial charge is 0.481 e. The van der Waals surface area contributed by atoms with E-state index in [9.17, 15) is 19.5 Å². The second kappa shape index (κ2) is 12.6. The highest BCUT2D eigenvalue weighted by molar-refractivity contribution is 5.94. The Morgan fingerprint density at radius 1 is 1.00 bits per heavy atom. The topological polar surface area (TPSA) is 110 Å². The third-order valence-electron chi connectivity index (χ3n) is 7.18. The first-order valence-electron chi connectivity index (χ1n) is 12.9. The molecule has 0 spiro atoms. The average molecular weight is 495 g/mol. The minimum Gasteiger partial charge on any atom is -0.481 e. The maximum Gasteiger partial charge on any atom is 0.320 e. The van der Waals surface area contributed by atoms with Crippen LogP contribution >= 0.6 is 0 Å². The van der Waals surface area contributed by atoms with Gasteiger partial charge >= 0.3 is 11.9 Å². The highest BCUT2D eigenvalue weighted by Crippen LogP contribution is 2.38. The number of nitrogens with two attached hydrogens (primary N) is 1. The van der Waals surface area contributed by atoms with Gasteiger partial charge in [-0.1, -0.05) is 56.3 Å². The first kappa shape index (κ1) is 27.2. The van der Waals surface area contributed by atoms with Gasteiger partial charge in [0.25, 0.3) is 0 Å². The van der Waals surface area contributed by atoms with E-state index < -0.39 is 29.7 Å². The molecule has 0 radical (unpaired) electrons. The molecule has 4 atom stereocenters. The zero-order valence-electron chi connectivity index (χ0n) is 21.5. The Labute approximate surface area is 213 Å². The van der Waals surface area contributed by atoms with Crippen molar-refractivity contribution < 1.29 is 24.2 Å². The van der Waals surface area contributed by atoms with E-state index in [1.807, 2.05) is 38.1 Å². The van der Waals surface area contributed by atoms with E-state index in [0.717, 1.165) is 42.7 Å². The van der Waals surface area contributed by atoms with Crippen LogP contribution in [0, 0.1) is 5.92 Å². The van der Waals surface area contributed by atoms with Crippen LogP contribution in [0.2, 0.25) is 0 Å². The Morgan fingerprint density at radius 2 is 1.64 bits per heavy atom. The number of carbonyl (C=O) groups excluding carboxylic acids is 2. The van der Waals surface area contributed by atoms with Gasteiger partial charge in [0.05, 0.1) is 12.0 Å². The Morgan fingerprint density at radius 3 is 2.22 bits per heavy atom. The molecule has 0 saturated carbocycles. The molecule has 4 unspecified atom stereocenters. The second-order valence-electron chi connectivity index (χ2n) is 9.77. The van der Waals surface area contributed by atoms with Crippen molar-refractivity contribution in [3.63, 3.8) is 0 Å². The number of carboxylic acids is 1. The molecular formula is C29H38N2O5. The molecule has 1 amide bonds. The molecule has 0 bridgehead atoms. The van der Waals surface area contributed by atoms with Gasteiger partial charge in [-0.3, -0.25) is 14.4 Å². The summed E-state index contributed by atoms with van der Waals surface area (Å²) in [6.45, 7) is 7.64. The number of rotatable bonds is 11. The van der Waals surface area contributed by atoms with Gasteiger partial charge in [0.1, 0.15) is 0 Å². The van der Waals surface area contributed by atoms with Crippen molar-refractivity contribution in [3.05, 3.63) is 65.2 Å². The minimum absolute atomic E-state index is 0.0134. The molecule has 7 heteroatoms. The van der Waals surface area contributed by atoms with Crippen LogP contribution in [-0.4, -0.2) is 42.1 Å². The number of benzene rings is 2. The highest BCUT2D eigenvalue weighted by Gasteiger charge is 2.31. The van der Waals surface area contributed by atoms with Gasteiger partial charge in [0, 0.05) is 18.8 Å². The lowest BCUT2D eigenvalue weighted by Gasteiger charge is -2.33. The van der Waals surface area contributed by atoms with Crippen molar-refractivity contribution in [1.82, 2.24) is 0 Å². The molecule has 2 aromatic rings. The van der Waals surface area contributed by atoms with Crippen LogP contribution in [0.5, 0.6) is 0 Å². The Bertz CT molecular complexity index is 1050. The number of amides is 1. The number of ether oxygens (including phenoxy) is 1. The van der Waals surface area contributed by atoms with Crippen molar-refractivity contribution in [2.45, 2.75) is 70.8 Å². The third kappa shape index (κ3) is 6.65. The van der Waals surface area contributed by atoms with Gasteiger partial charge in [-0.2, -0.15) is 0 Å². The van der Waals surface area contributed by atoms with Gasteiger partial charge in [-0.15, -0.1) is 0 Å². The minimum atomic E-state index is -1.29. The molecule has 2 aromatic carbocycles. The number of esters is 1. The van der Waals surface area contributed by atoms with Crippen molar-refractivity contribution in [1.29, 1.82) is 0 Å². The molecule has 3 N–H and O–H groups in total. The fourth-order valence-corrected chi connectivity index (χ4v) is 4.91. The van der Waals surface area contributed by atoms with Crippen LogP contribution in [-0.2, 0) is 25.5 Å². The fourth-order valence-electron chi connectivity index (χ4n) is 4.91. The summed E-state index contributed by atoms with van der Waals surface area (Å²) < 4.78 is 5.25. The molecule has 1 aliphatic rings. The van der Waals surface area contributed by atoms with Crippen LogP contribution in [0.4, 0.5) is 5.69 Å². The summed E-state index contributed by atoms with van der Waals surface area (Å²) in [5.41, 5.74) is 9.58. The summed E-state index contributed by atoms with van der Waals surface area (Å²) in [7, 11) is 0. The molecule has 3 rings (SSSR count). The second-order valence-corrected chi connectivity index (χ2v) is 9.77. The SMILES string of the molecule is CCC(C)OC(=O)C(Cc1ccc(C(C(N)=O)C(C)c2ccccc2N2CCCCC2)cc1)C(=O)O. The molecule has 1 aliphatic heterocycles. The van der Waals surface area contributed by atoms with Crippen molar-refractivity contribution >= 4 is 23.5 Å². The van der Waals surface area contributed by atoms with Gasteiger partial charge in [0.2, 0.25) is 5.91 Å². The third-order valence-corrected chi connectivity index (χ3v) is 7.18. The summed E-state index contributed by atoms with van der Waals surface area (Å²) in [4.78, 5) is 39.1. The van der Waals surface area contributed by atoms with Crippen LogP contribution < -0.4 is 10.6 Å². The van der Waals surface area contributed by atoms with Gasteiger partial charge < -0.3 is 20.5 Å². The van der Waals surface area contributed by atoms with E-state index in [4.69, 9.17) is 10.5 Å². The summed E-state index contributed by atoms with van der Waals surface area (Å²) in [6.07, 6.45) is 3.84. The van der Waals surface area contributed by atoms with Crippen LogP contribution in [0.1, 0.15) is 75.0 Å². The maximum atomic E-state index is 12.6. The number of primary amides is 1. The normalized spacial score (nSPS) is 17.0. The molecule has 1 saturated heterocycles. The van der Waals surface area contributed by atoms with Crippen LogP contribution in [0.3, 0.4) is 0 Å². The summed E-state index contributed by atoms with van der Waals surface area (Å²) in [5, 5.41) is 9.57. The lowest BCUT2D eigenvalue weighted by atomic mass is 9.80. The van der Waals surface area contributed by atoms with E-state index in [-0.39, 0.29) is 18.4 Å². The molecule has 194 valence electrons. The average Bonchev–Trinajstić information content (AvgIpc) is 2.88. The Balaban J connectivity index is 1.82. The number of hydrogen-bond acceptors (Lipinski definition) is 5. The first-order chi connectivity index (χ1) is 17.2. The number of anilines is 1. The smallest absolute Gasteiger partial charge is 0.320 e. The number of nitrogens with zero attached hydrogens (tertiary/aromatic N) is 1. The lowest BCUT2D eigenvalue weighted by Crippen LogP contribution is -2.32. The number of piperidine rings is 1. The maximum absolute atomic E-state index is 12.6. The number of hydrogen-bond donors (Lipinski definition) is 2. The quantitative estimate of drug-likeness (QED) is 0.348. The fraction of sp³-hybridized carbons (Fsp3) is 0.483. The molecule has 7 nitrogen and oxygen atoms in total. The van der Waals surface area contributed by atoms with E-state index in [2.05, 4.69) is 17.0 Å². The number of para-hydroxylation sites is 1. The van der Waals surface area contributed by atoms with Gasteiger partial charge in [-0.05, 0) is 67.7 Å². The van der Waals surface area contributed by atoms with Crippen molar-refractivity contribution in [3.8, 4) is 0 Å². The summed E-state index contributed by atoms with van der Waals surface area (Å²) in [5.74, 6) is -4.35. The molecular weight excluding hydrogens is 456 g/mol.